The number of aromatic nitrogens is 1. The molecule has 11 heteroatoms. The maximum Gasteiger partial charge on any atom is 0.248 e. The molecule has 4 heterocycles. The third-order valence-corrected chi connectivity index (χ3v) is 8.27. The Hall–Kier alpha value is -1.53. The number of hydrogen-bond acceptors (Lipinski definition) is 8. The van der Waals surface area contributed by atoms with E-state index in [-0.39, 0.29) is 36.2 Å². The molecule has 1 amide bonds. The summed E-state index contributed by atoms with van der Waals surface area (Å²) in [6.07, 6.45) is 2.87. The van der Waals surface area contributed by atoms with Crippen molar-refractivity contribution in [1.82, 2.24) is 19.3 Å². The second-order valence-electron chi connectivity index (χ2n) is 8.08. The van der Waals surface area contributed by atoms with Crippen molar-refractivity contribution < 1.29 is 27.2 Å². The average molecular weight is 443 g/mol. The number of hydrogen-bond donors (Lipinski definition) is 0. The molecule has 3 aliphatic heterocycles. The fourth-order valence-corrected chi connectivity index (χ4v) is 6.26. The number of rotatable bonds is 5. The summed E-state index contributed by atoms with van der Waals surface area (Å²) in [5.74, 6) is 0.313. The molecule has 1 unspecified atom stereocenters. The highest BCUT2D eigenvalue weighted by Crippen LogP contribution is 2.26. The first-order valence-corrected chi connectivity index (χ1v) is 12.0. The molecule has 0 aliphatic carbocycles. The number of carbonyl (C=O) groups excluding carboxylic acids is 1. The minimum absolute atomic E-state index is 0.0225. The molecular formula is C19H30N4O6S. The van der Waals surface area contributed by atoms with Crippen LogP contribution in [0.2, 0.25) is 0 Å². The fraction of sp³-hybridized carbons (Fsp3) is 0.789. The highest BCUT2D eigenvalue weighted by molar-refractivity contribution is 7.89. The van der Waals surface area contributed by atoms with Crippen molar-refractivity contribution in [2.75, 3.05) is 52.5 Å². The average Bonchev–Trinajstić information content (AvgIpc) is 3.38. The third-order valence-electron chi connectivity index (χ3n) is 6.12. The molecule has 3 fully saturated rings. The van der Waals surface area contributed by atoms with E-state index in [4.69, 9.17) is 14.0 Å². The lowest BCUT2D eigenvalue weighted by atomic mass is 10.0. The van der Waals surface area contributed by atoms with E-state index in [1.807, 2.05) is 0 Å². The standard InChI is InChI=1S/C19H30N4O6S/c1-14-18(15(2)29-20-14)30(25,26)23-9-7-21(8-10-23)17(24)13-22-6-4-3-5-16(22)19-27-11-12-28-19/h16,19H,3-13H2,1-2H3. The number of nitrogens with zero attached hydrogens (tertiary/aromatic N) is 4. The van der Waals surface area contributed by atoms with Gasteiger partial charge in [-0.05, 0) is 33.2 Å². The van der Waals surface area contributed by atoms with Crippen molar-refractivity contribution in [3.63, 3.8) is 0 Å². The Bertz CT molecular complexity index is 839. The Morgan fingerprint density at radius 2 is 1.77 bits per heavy atom. The van der Waals surface area contributed by atoms with Gasteiger partial charge in [0.1, 0.15) is 10.6 Å². The van der Waals surface area contributed by atoms with Crippen LogP contribution in [0.3, 0.4) is 0 Å². The van der Waals surface area contributed by atoms with E-state index in [9.17, 15) is 13.2 Å². The summed E-state index contributed by atoms with van der Waals surface area (Å²) in [6.45, 7) is 6.84. The van der Waals surface area contributed by atoms with Crippen molar-refractivity contribution in [2.45, 2.75) is 50.3 Å². The summed E-state index contributed by atoms with van der Waals surface area (Å²) in [4.78, 5) is 17.0. The van der Waals surface area contributed by atoms with Gasteiger partial charge in [0, 0.05) is 26.2 Å². The largest absolute Gasteiger partial charge is 0.360 e. The van der Waals surface area contributed by atoms with Crippen LogP contribution in [0.5, 0.6) is 0 Å². The van der Waals surface area contributed by atoms with Gasteiger partial charge in [-0.1, -0.05) is 11.6 Å². The zero-order valence-corrected chi connectivity index (χ0v) is 18.4. The summed E-state index contributed by atoms with van der Waals surface area (Å²) >= 11 is 0. The number of carbonyl (C=O) groups is 1. The zero-order chi connectivity index (χ0) is 21.3. The molecule has 168 valence electrons. The molecule has 30 heavy (non-hydrogen) atoms. The van der Waals surface area contributed by atoms with Gasteiger partial charge < -0.3 is 18.9 Å². The van der Waals surface area contributed by atoms with Crippen LogP contribution in [0.25, 0.3) is 0 Å². The van der Waals surface area contributed by atoms with Crippen molar-refractivity contribution >= 4 is 15.9 Å². The topological polar surface area (TPSA) is 105 Å². The van der Waals surface area contributed by atoms with E-state index >= 15 is 0 Å². The second-order valence-corrected chi connectivity index (χ2v) is 9.96. The van der Waals surface area contributed by atoms with Crippen LogP contribution >= 0.6 is 0 Å². The van der Waals surface area contributed by atoms with E-state index < -0.39 is 10.0 Å². The lowest BCUT2D eigenvalue weighted by Crippen LogP contribution is -2.55. The first kappa shape index (κ1) is 21.7. The molecule has 3 saturated heterocycles. The van der Waals surface area contributed by atoms with Gasteiger partial charge in [0.15, 0.2) is 12.1 Å². The van der Waals surface area contributed by atoms with Crippen LogP contribution < -0.4 is 0 Å². The Balaban J connectivity index is 1.35. The lowest BCUT2D eigenvalue weighted by molar-refractivity contribution is -0.140. The maximum atomic E-state index is 13.0. The smallest absolute Gasteiger partial charge is 0.248 e. The summed E-state index contributed by atoms with van der Waals surface area (Å²) in [6, 6.07) is 0.103. The van der Waals surface area contributed by atoms with Crippen LogP contribution in [0.4, 0.5) is 0 Å². The van der Waals surface area contributed by atoms with E-state index in [0.717, 1.165) is 25.8 Å². The molecular weight excluding hydrogens is 412 g/mol. The molecule has 0 aromatic carbocycles. The Morgan fingerprint density at radius 1 is 1.07 bits per heavy atom. The molecule has 0 N–H and O–H groups in total. The highest BCUT2D eigenvalue weighted by Gasteiger charge is 2.37. The number of piperazine rings is 1. The summed E-state index contributed by atoms with van der Waals surface area (Å²) in [7, 11) is -3.68. The van der Waals surface area contributed by atoms with Gasteiger partial charge in [-0.15, -0.1) is 0 Å². The zero-order valence-electron chi connectivity index (χ0n) is 17.6. The molecule has 10 nitrogen and oxygen atoms in total. The van der Waals surface area contributed by atoms with Gasteiger partial charge in [0.25, 0.3) is 0 Å². The Morgan fingerprint density at radius 3 is 2.40 bits per heavy atom. The molecule has 1 atom stereocenters. The van der Waals surface area contributed by atoms with Gasteiger partial charge in [-0.3, -0.25) is 9.69 Å². The summed E-state index contributed by atoms with van der Waals surface area (Å²) in [5, 5.41) is 3.75. The van der Waals surface area contributed by atoms with Gasteiger partial charge in [0.05, 0.1) is 25.8 Å². The van der Waals surface area contributed by atoms with Crippen LogP contribution in [0.1, 0.15) is 30.7 Å². The first-order valence-electron chi connectivity index (χ1n) is 10.6. The van der Waals surface area contributed by atoms with Crippen molar-refractivity contribution in [3.05, 3.63) is 11.5 Å². The van der Waals surface area contributed by atoms with Crippen LogP contribution in [0.15, 0.2) is 9.42 Å². The predicted molar refractivity (Wildman–Crippen MR) is 106 cm³/mol. The highest BCUT2D eigenvalue weighted by atomic mass is 32.2. The number of likely N-dealkylation sites (tertiary alicyclic amines) is 1. The van der Waals surface area contributed by atoms with Crippen LogP contribution in [0, 0.1) is 13.8 Å². The van der Waals surface area contributed by atoms with Gasteiger partial charge in [-0.2, -0.15) is 4.31 Å². The molecule has 0 spiro atoms. The molecule has 0 radical (unpaired) electrons. The number of amides is 1. The van der Waals surface area contributed by atoms with E-state index in [0.29, 0.717) is 44.3 Å². The predicted octanol–water partition coefficient (Wildman–Crippen LogP) is 0.352. The third kappa shape index (κ3) is 4.26. The van der Waals surface area contributed by atoms with Gasteiger partial charge in [0.2, 0.25) is 15.9 Å². The molecule has 0 bridgehead atoms. The monoisotopic (exact) mass is 442 g/mol. The second kappa shape index (κ2) is 8.91. The lowest BCUT2D eigenvalue weighted by Gasteiger charge is -2.39. The summed E-state index contributed by atoms with van der Waals surface area (Å²) < 4.78 is 43.7. The van der Waals surface area contributed by atoms with E-state index in [2.05, 4.69) is 10.1 Å². The quantitative estimate of drug-likeness (QED) is 0.643. The first-order chi connectivity index (χ1) is 14.4. The summed E-state index contributed by atoms with van der Waals surface area (Å²) in [5.41, 5.74) is 0.360. The van der Waals surface area contributed by atoms with Crippen molar-refractivity contribution in [3.8, 4) is 0 Å². The minimum atomic E-state index is -3.68. The molecule has 3 aliphatic rings. The number of aryl methyl sites for hydroxylation is 2. The van der Waals surface area contributed by atoms with E-state index in [1.165, 1.54) is 4.31 Å². The molecule has 1 aromatic heterocycles. The fourth-order valence-electron chi connectivity index (χ4n) is 4.54. The normalized spacial score (nSPS) is 25.1. The molecule has 4 rings (SSSR count). The van der Waals surface area contributed by atoms with Crippen LogP contribution in [-0.2, 0) is 24.3 Å². The number of sulfonamides is 1. The van der Waals surface area contributed by atoms with Gasteiger partial charge in [-0.25, -0.2) is 8.42 Å². The van der Waals surface area contributed by atoms with E-state index in [1.54, 1.807) is 18.7 Å². The number of ether oxygens (including phenoxy) is 2. The molecule has 0 saturated carbocycles. The Kier molecular flexibility index (Phi) is 6.44. The molecule has 1 aromatic rings. The SMILES string of the molecule is Cc1noc(C)c1S(=O)(=O)N1CCN(C(=O)CN2CCCCC2C2OCCO2)CC1. The van der Waals surface area contributed by atoms with Gasteiger partial charge >= 0.3 is 0 Å². The maximum absolute atomic E-state index is 13.0. The number of piperidine rings is 1. The van der Waals surface area contributed by atoms with Crippen molar-refractivity contribution in [1.29, 1.82) is 0 Å². The minimum Gasteiger partial charge on any atom is -0.360 e. The Labute approximate surface area is 177 Å². The van der Waals surface area contributed by atoms with Crippen LogP contribution in [-0.4, -0.2) is 98.4 Å². The van der Waals surface area contributed by atoms with Crippen molar-refractivity contribution in [2.24, 2.45) is 0 Å².